The molecule has 2 heterocycles. The predicted octanol–water partition coefficient (Wildman–Crippen LogP) is 2.19. The lowest BCUT2D eigenvalue weighted by Crippen LogP contribution is -2.51. The Morgan fingerprint density at radius 2 is 1.67 bits per heavy atom. The summed E-state index contributed by atoms with van der Waals surface area (Å²) < 4.78 is 6.31. The van der Waals surface area contributed by atoms with E-state index >= 15 is 0 Å². The van der Waals surface area contributed by atoms with Gasteiger partial charge in [0.1, 0.15) is 6.04 Å². The number of amides is 1. The molecule has 0 bridgehead atoms. The fourth-order valence-electron chi connectivity index (χ4n) is 4.27. The van der Waals surface area contributed by atoms with Crippen molar-refractivity contribution in [2.45, 2.75) is 12.5 Å². The van der Waals surface area contributed by atoms with Crippen LogP contribution in [0, 0.1) is 0 Å². The Bertz CT molecular complexity index is 1250. The van der Waals surface area contributed by atoms with Gasteiger partial charge < -0.3 is 9.64 Å². The molecule has 1 unspecified atom stereocenters. The van der Waals surface area contributed by atoms with Crippen LogP contribution in [-0.2, 0) is 27.8 Å². The Morgan fingerprint density at radius 1 is 1.03 bits per heavy atom. The van der Waals surface area contributed by atoms with Crippen molar-refractivity contribution in [1.82, 2.24) is 19.6 Å². The third kappa shape index (κ3) is 4.62. The third-order valence-electron chi connectivity index (χ3n) is 6.01. The van der Waals surface area contributed by atoms with E-state index in [1.165, 1.54) is 11.8 Å². The van der Waals surface area contributed by atoms with Gasteiger partial charge >= 0.3 is 5.97 Å². The fraction of sp³-hybridized carbons (Fsp3) is 0.333. The summed E-state index contributed by atoms with van der Waals surface area (Å²) in [7, 11) is 2.94. The summed E-state index contributed by atoms with van der Waals surface area (Å²) in [5, 5.41) is 6.07. The lowest BCUT2D eigenvalue weighted by atomic mass is 10.0. The fourth-order valence-corrected chi connectivity index (χ4v) is 4.51. The van der Waals surface area contributed by atoms with E-state index in [2.05, 4.69) is 5.10 Å². The zero-order valence-corrected chi connectivity index (χ0v) is 19.3. The molecule has 172 valence electrons. The molecule has 1 aromatic heterocycles. The molecule has 0 saturated carbocycles. The van der Waals surface area contributed by atoms with Crippen LogP contribution in [0.2, 0.25) is 5.02 Å². The quantitative estimate of drug-likeness (QED) is 0.534. The number of piperazine rings is 1. The summed E-state index contributed by atoms with van der Waals surface area (Å²) in [6, 6.07) is 13.8. The molecule has 4 rings (SSSR count). The second kappa shape index (κ2) is 9.72. The maximum Gasteiger partial charge on any atom is 0.327 e. The lowest BCUT2D eigenvalue weighted by Gasteiger charge is -2.38. The van der Waals surface area contributed by atoms with Crippen molar-refractivity contribution in [3.05, 3.63) is 75.2 Å². The number of benzene rings is 2. The first-order valence-corrected chi connectivity index (χ1v) is 11.1. The molecule has 1 atom stereocenters. The molecular weight excluding hydrogens is 444 g/mol. The maximum atomic E-state index is 13.1. The average molecular weight is 469 g/mol. The number of methoxy groups -OCH3 is 1. The van der Waals surface area contributed by atoms with Gasteiger partial charge in [0.2, 0.25) is 5.91 Å². The van der Waals surface area contributed by atoms with Crippen molar-refractivity contribution < 1.29 is 14.3 Å². The van der Waals surface area contributed by atoms with E-state index in [9.17, 15) is 14.4 Å². The number of carbonyl (C=O) groups excluding carboxylic acids is 2. The first kappa shape index (κ1) is 22.9. The zero-order chi connectivity index (χ0) is 23.5. The van der Waals surface area contributed by atoms with Gasteiger partial charge in [-0.1, -0.05) is 48.0 Å². The number of esters is 1. The van der Waals surface area contributed by atoms with Gasteiger partial charge in [-0.05, 0) is 17.7 Å². The summed E-state index contributed by atoms with van der Waals surface area (Å²) in [5.74, 6) is -0.456. The minimum atomic E-state index is -0.629. The number of hydrogen-bond acceptors (Lipinski definition) is 6. The normalized spacial score (nSPS) is 15.4. The van der Waals surface area contributed by atoms with Crippen LogP contribution in [0.5, 0.6) is 0 Å². The largest absolute Gasteiger partial charge is 0.468 e. The van der Waals surface area contributed by atoms with Gasteiger partial charge in [-0.15, -0.1) is 0 Å². The zero-order valence-electron chi connectivity index (χ0n) is 18.5. The van der Waals surface area contributed by atoms with Gasteiger partial charge in [0.25, 0.3) is 5.56 Å². The van der Waals surface area contributed by atoms with Crippen LogP contribution in [0.1, 0.15) is 17.3 Å². The molecular formula is C24H25ClN4O4. The number of nitrogens with zero attached hydrogens (tertiary/aromatic N) is 4. The van der Waals surface area contributed by atoms with Crippen molar-refractivity contribution in [2.24, 2.45) is 7.05 Å². The number of halogens is 1. The number of carbonyl (C=O) groups is 2. The van der Waals surface area contributed by atoms with Crippen LogP contribution in [0.25, 0.3) is 10.8 Å². The SMILES string of the molecule is COC(=O)C(c1ccccc1Cl)N1CCN(C(=O)Cc2nn(C)c(=O)c3ccccc23)CC1. The van der Waals surface area contributed by atoms with Gasteiger partial charge in [0, 0.05) is 43.6 Å². The number of ether oxygens (including phenoxy) is 1. The highest BCUT2D eigenvalue weighted by Crippen LogP contribution is 2.29. The molecule has 8 nitrogen and oxygen atoms in total. The summed E-state index contributed by atoms with van der Waals surface area (Å²) in [5.41, 5.74) is 1.07. The van der Waals surface area contributed by atoms with E-state index in [0.29, 0.717) is 53.2 Å². The number of rotatable bonds is 5. The standard InChI is InChI=1S/C24H25ClN4O4/c1-27-23(31)17-8-4-3-7-16(17)20(26-27)15-21(30)28-11-13-29(14-12-28)22(24(32)33-2)18-9-5-6-10-19(18)25/h3-10,22H,11-15H2,1-2H3. The highest BCUT2D eigenvalue weighted by atomic mass is 35.5. The van der Waals surface area contributed by atoms with Crippen molar-refractivity contribution >= 4 is 34.2 Å². The molecule has 0 aliphatic carbocycles. The minimum Gasteiger partial charge on any atom is -0.468 e. The third-order valence-corrected chi connectivity index (χ3v) is 6.35. The predicted molar refractivity (Wildman–Crippen MR) is 125 cm³/mol. The Balaban J connectivity index is 1.49. The monoisotopic (exact) mass is 468 g/mol. The van der Waals surface area contributed by atoms with E-state index in [4.69, 9.17) is 16.3 Å². The lowest BCUT2D eigenvalue weighted by molar-refractivity contribution is -0.148. The Hall–Kier alpha value is -3.23. The smallest absolute Gasteiger partial charge is 0.327 e. The highest BCUT2D eigenvalue weighted by Gasteiger charge is 2.33. The maximum absolute atomic E-state index is 13.1. The van der Waals surface area contributed by atoms with Gasteiger partial charge in [0.15, 0.2) is 0 Å². The van der Waals surface area contributed by atoms with Gasteiger partial charge in [-0.25, -0.2) is 9.48 Å². The molecule has 9 heteroatoms. The summed E-state index contributed by atoms with van der Waals surface area (Å²) in [4.78, 5) is 41.7. The van der Waals surface area contributed by atoms with Gasteiger partial charge in [0.05, 0.1) is 24.6 Å². The first-order valence-electron chi connectivity index (χ1n) is 10.7. The van der Waals surface area contributed by atoms with Crippen LogP contribution in [0.3, 0.4) is 0 Å². The second-order valence-electron chi connectivity index (χ2n) is 7.96. The number of aryl methyl sites for hydroxylation is 1. The van der Waals surface area contributed by atoms with E-state index in [1.54, 1.807) is 30.1 Å². The number of aromatic nitrogens is 2. The summed E-state index contributed by atoms with van der Waals surface area (Å²) in [6.45, 7) is 1.91. The Kier molecular flexibility index (Phi) is 6.76. The average Bonchev–Trinajstić information content (AvgIpc) is 2.84. The van der Waals surface area contributed by atoms with Gasteiger partial charge in [-0.3, -0.25) is 14.5 Å². The molecule has 1 aliphatic rings. The Labute approximate surface area is 196 Å². The minimum absolute atomic E-state index is 0.0710. The van der Waals surface area contributed by atoms with Crippen LogP contribution >= 0.6 is 11.6 Å². The van der Waals surface area contributed by atoms with Gasteiger partial charge in [-0.2, -0.15) is 5.10 Å². The van der Waals surface area contributed by atoms with Crippen molar-refractivity contribution in [3.8, 4) is 0 Å². The molecule has 1 fully saturated rings. The van der Waals surface area contributed by atoms with Crippen LogP contribution < -0.4 is 5.56 Å². The molecule has 3 aromatic rings. The second-order valence-corrected chi connectivity index (χ2v) is 8.37. The molecule has 33 heavy (non-hydrogen) atoms. The first-order chi connectivity index (χ1) is 15.9. The topological polar surface area (TPSA) is 84.7 Å². The van der Waals surface area contributed by atoms with E-state index in [-0.39, 0.29) is 23.9 Å². The molecule has 2 aromatic carbocycles. The molecule has 0 spiro atoms. The molecule has 1 amide bonds. The highest BCUT2D eigenvalue weighted by molar-refractivity contribution is 6.31. The van der Waals surface area contributed by atoms with E-state index < -0.39 is 6.04 Å². The summed E-state index contributed by atoms with van der Waals surface area (Å²) in [6.07, 6.45) is 0.0968. The molecule has 0 N–H and O–H groups in total. The van der Waals surface area contributed by atoms with Crippen LogP contribution in [0.4, 0.5) is 0 Å². The van der Waals surface area contributed by atoms with E-state index in [0.717, 1.165) is 0 Å². The van der Waals surface area contributed by atoms with Crippen molar-refractivity contribution in [3.63, 3.8) is 0 Å². The summed E-state index contributed by atoms with van der Waals surface area (Å²) >= 11 is 6.35. The van der Waals surface area contributed by atoms with Crippen LogP contribution in [0.15, 0.2) is 53.3 Å². The Morgan fingerprint density at radius 3 is 2.33 bits per heavy atom. The molecule has 1 saturated heterocycles. The number of fused-ring (bicyclic) bond motifs is 1. The van der Waals surface area contributed by atoms with Crippen LogP contribution in [-0.4, -0.2) is 64.7 Å². The molecule has 0 radical (unpaired) electrons. The van der Waals surface area contributed by atoms with E-state index in [1.807, 2.05) is 35.2 Å². The van der Waals surface area contributed by atoms with Crippen molar-refractivity contribution in [1.29, 1.82) is 0 Å². The van der Waals surface area contributed by atoms with Crippen molar-refractivity contribution in [2.75, 3.05) is 33.3 Å². The molecule has 1 aliphatic heterocycles. The number of hydrogen-bond donors (Lipinski definition) is 0.